The molecule has 0 aromatic carbocycles. The van der Waals surface area contributed by atoms with Crippen LogP contribution in [0, 0.1) is 0 Å². The predicted molar refractivity (Wildman–Crippen MR) is 74.8 cm³/mol. The van der Waals surface area contributed by atoms with Gasteiger partial charge in [0.05, 0.1) is 12.3 Å². The second-order valence-corrected chi connectivity index (χ2v) is 6.05. The van der Waals surface area contributed by atoms with Crippen molar-refractivity contribution in [3.63, 3.8) is 0 Å². The van der Waals surface area contributed by atoms with Gasteiger partial charge < -0.3 is 10.1 Å². The van der Waals surface area contributed by atoms with Crippen molar-refractivity contribution in [2.24, 2.45) is 0 Å². The Bertz CT molecular complexity index is 365. The highest BCUT2D eigenvalue weighted by molar-refractivity contribution is 7.09. The number of rotatable bonds is 8. The summed E-state index contributed by atoms with van der Waals surface area (Å²) in [5.41, 5.74) is 1.16. The van der Waals surface area contributed by atoms with E-state index in [1.54, 1.807) is 18.4 Å². The molecule has 0 amide bonds. The van der Waals surface area contributed by atoms with Crippen LogP contribution in [-0.4, -0.2) is 42.7 Å². The van der Waals surface area contributed by atoms with Crippen LogP contribution in [0.25, 0.3) is 0 Å². The van der Waals surface area contributed by atoms with Gasteiger partial charge in [0.1, 0.15) is 5.01 Å². The average molecular weight is 269 g/mol. The highest BCUT2D eigenvalue weighted by Crippen LogP contribution is 2.20. The standard InChI is InChI=1S/C13H23N3OS/c1-10(8-17-3)16(2)7-12-9-18-13(15-12)6-14-11-4-5-11/h9-11,14H,4-8H2,1-3H3. The number of nitrogens with zero attached hydrogens (tertiary/aromatic N) is 2. The van der Waals surface area contributed by atoms with Gasteiger partial charge in [0.15, 0.2) is 0 Å². The molecule has 2 rings (SSSR count). The summed E-state index contributed by atoms with van der Waals surface area (Å²) >= 11 is 1.75. The monoisotopic (exact) mass is 269 g/mol. The number of aromatic nitrogens is 1. The van der Waals surface area contributed by atoms with Gasteiger partial charge in [0, 0.05) is 37.7 Å². The van der Waals surface area contributed by atoms with E-state index in [2.05, 4.69) is 34.6 Å². The van der Waals surface area contributed by atoms with Gasteiger partial charge in [-0.1, -0.05) is 0 Å². The molecule has 1 unspecified atom stereocenters. The van der Waals surface area contributed by atoms with Crippen LogP contribution in [-0.2, 0) is 17.8 Å². The summed E-state index contributed by atoms with van der Waals surface area (Å²) in [6, 6.07) is 1.17. The molecule has 1 atom stereocenters. The maximum atomic E-state index is 5.17. The fourth-order valence-corrected chi connectivity index (χ4v) is 2.54. The topological polar surface area (TPSA) is 37.4 Å². The second kappa shape index (κ2) is 6.61. The molecule has 4 nitrogen and oxygen atoms in total. The fraction of sp³-hybridized carbons (Fsp3) is 0.769. The highest BCUT2D eigenvalue weighted by Gasteiger charge is 2.20. The molecule has 5 heteroatoms. The lowest BCUT2D eigenvalue weighted by molar-refractivity contribution is 0.111. The Morgan fingerprint density at radius 2 is 2.39 bits per heavy atom. The lowest BCUT2D eigenvalue weighted by Crippen LogP contribution is -2.32. The number of likely N-dealkylation sites (N-methyl/N-ethyl adjacent to an activating group) is 1. The second-order valence-electron chi connectivity index (χ2n) is 5.11. The Labute approximate surface area is 113 Å². The molecule has 1 aliphatic rings. The van der Waals surface area contributed by atoms with Gasteiger partial charge in [-0.25, -0.2) is 4.98 Å². The Morgan fingerprint density at radius 1 is 1.61 bits per heavy atom. The van der Waals surface area contributed by atoms with E-state index in [0.29, 0.717) is 6.04 Å². The van der Waals surface area contributed by atoms with Crippen LogP contribution in [0.3, 0.4) is 0 Å². The first-order chi connectivity index (χ1) is 8.69. The summed E-state index contributed by atoms with van der Waals surface area (Å²) in [5.74, 6) is 0. The first-order valence-corrected chi connectivity index (χ1v) is 7.43. The van der Waals surface area contributed by atoms with Crippen LogP contribution in [0.15, 0.2) is 5.38 Å². The molecule has 0 bridgehead atoms. The number of hydrogen-bond donors (Lipinski definition) is 1. The van der Waals surface area contributed by atoms with Crippen molar-refractivity contribution in [2.75, 3.05) is 20.8 Å². The zero-order valence-corrected chi connectivity index (χ0v) is 12.3. The van der Waals surface area contributed by atoms with Crippen molar-refractivity contribution in [3.05, 3.63) is 16.1 Å². The van der Waals surface area contributed by atoms with Gasteiger partial charge in [-0.15, -0.1) is 11.3 Å². The van der Waals surface area contributed by atoms with Crippen molar-refractivity contribution in [3.8, 4) is 0 Å². The molecule has 1 aromatic rings. The van der Waals surface area contributed by atoms with E-state index in [-0.39, 0.29) is 0 Å². The Hall–Kier alpha value is -0.490. The van der Waals surface area contributed by atoms with Gasteiger partial charge in [0.2, 0.25) is 0 Å². The van der Waals surface area contributed by atoms with E-state index >= 15 is 0 Å². The van der Waals surface area contributed by atoms with Gasteiger partial charge in [-0.2, -0.15) is 0 Å². The SMILES string of the molecule is COCC(C)N(C)Cc1csc(CNC2CC2)n1. The van der Waals surface area contributed by atoms with Crippen LogP contribution in [0.4, 0.5) is 0 Å². The van der Waals surface area contributed by atoms with Gasteiger partial charge in [-0.05, 0) is 26.8 Å². The molecule has 1 N–H and O–H groups in total. The molecule has 1 aliphatic carbocycles. The van der Waals surface area contributed by atoms with Crippen molar-refractivity contribution in [1.29, 1.82) is 0 Å². The lowest BCUT2D eigenvalue weighted by atomic mass is 10.3. The van der Waals surface area contributed by atoms with Gasteiger partial charge in [0.25, 0.3) is 0 Å². The van der Waals surface area contributed by atoms with E-state index in [0.717, 1.165) is 31.4 Å². The molecule has 0 spiro atoms. The smallest absolute Gasteiger partial charge is 0.107 e. The average Bonchev–Trinajstić information content (AvgIpc) is 3.08. The molecule has 102 valence electrons. The normalized spacial score (nSPS) is 17.3. The minimum atomic E-state index is 0.421. The summed E-state index contributed by atoms with van der Waals surface area (Å²) in [4.78, 5) is 6.94. The molecule has 0 saturated heterocycles. The van der Waals surface area contributed by atoms with Crippen LogP contribution >= 0.6 is 11.3 Å². The predicted octanol–water partition coefficient (Wildman–Crippen LogP) is 1.86. The third-order valence-electron chi connectivity index (χ3n) is 3.29. The maximum Gasteiger partial charge on any atom is 0.107 e. The Balaban J connectivity index is 1.77. The molecular formula is C13H23N3OS. The van der Waals surface area contributed by atoms with E-state index in [9.17, 15) is 0 Å². The molecule has 1 saturated carbocycles. The number of hydrogen-bond acceptors (Lipinski definition) is 5. The minimum absolute atomic E-state index is 0.421. The summed E-state index contributed by atoms with van der Waals surface area (Å²) in [6.07, 6.45) is 2.66. The van der Waals surface area contributed by atoms with E-state index in [1.165, 1.54) is 17.8 Å². The zero-order valence-electron chi connectivity index (χ0n) is 11.5. The lowest BCUT2D eigenvalue weighted by Gasteiger charge is -2.22. The van der Waals surface area contributed by atoms with Gasteiger partial charge >= 0.3 is 0 Å². The van der Waals surface area contributed by atoms with Crippen molar-refractivity contribution in [1.82, 2.24) is 15.2 Å². The minimum Gasteiger partial charge on any atom is -0.383 e. The quantitative estimate of drug-likeness (QED) is 0.782. The molecule has 18 heavy (non-hydrogen) atoms. The van der Waals surface area contributed by atoms with Crippen LogP contribution in [0.1, 0.15) is 30.5 Å². The van der Waals surface area contributed by atoms with Crippen molar-refractivity contribution < 1.29 is 4.74 Å². The molecule has 1 aromatic heterocycles. The molecular weight excluding hydrogens is 246 g/mol. The Morgan fingerprint density at radius 3 is 3.06 bits per heavy atom. The first-order valence-electron chi connectivity index (χ1n) is 6.55. The summed E-state index contributed by atoms with van der Waals surface area (Å²) in [6.45, 7) is 4.75. The number of methoxy groups -OCH3 is 1. The summed E-state index contributed by atoms with van der Waals surface area (Å²) < 4.78 is 5.17. The molecule has 0 aliphatic heterocycles. The number of thiazole rings is 1. The van der Waals surface area contributed by atoms with Crippen LogP contribution in [0.2, 0.25) is 0 Å². The maximum absolute atomic E-state index is 5.17. The third kappa shape index (κ3) is 4.31. The molecule has 0 radical (unpaired) electrons. The number of nitrogens with one attached hydrogen (secondary N) is 1. The largest absolute Gasteiger partial charge is 0.383 e. The van der Waals surface area contributed by atoms with E-state index in [1.807, 2.05) is 0 Å². The first kappa shape index (κ1) is 13.9. The fourth-order valence-electron chi connectivity index (χ4n) is 1.80. The van der Waals surface area contributed by atoms with Crippen LogP contribution < -0.4 is 5.32 Å². The highest BCUT2D eigenvalue weighted by atomic mass is 32.1. The van der Waals surface area contributed by atoms with E-state index in [4.69, 9.17) is 4.74 Å². The molecule has 1 heterocycles. The Kier molecular flexibility index (Phi) is 5.12. The third-order valence-corrected chi connectivity index (χ3v) is 4.19. The van der Waals surface area contributed by atoms with Crippen molar-refractivity contribution >= 4 is 11.3 Å². The summed E-state index contributed by atoms with van der Waals surface area (Å²) in [7, 11) is 3.86. The molecule has 1 fully saturated rings. The van der Waals surface area contributed by atoms with E-state index < -0.39 is 0 Å². The van der Waals surface area contributed by atoms with Crippen molar-refractivity contribution in [2.45, 2.75) is 44.9 Å². The zero-order chi connectivity index (χ0) is 13.0. The van der Waals surface area contributed by atoms with Crippen LogP contribution in [0.5, 0.6) is 0 Å². The summed E-state index contributed by atoms with van der Waals surface area (Å²) in [5, 5.41) is 6.86. The number of ether oxygens (including phenoxy) is 1. The van der Waals surface area contributed by atoms with Gasteiger partial charge in [-0.3, -0.25) is 4.90 Å².